The van der Waals surface area contributed by atoms with Gasteiger partial charge in [-0.25, -0.2) is 0 Å². The number of rotatable bonds is 2. The molecular weight excluding hydrogens is 204 g/mol. The summed E-state index contributed by atoms with van der Waals surface area (Å²) >= 11 is 0. The molecule has 1 amide bonds. The number of piperidine rings is 1. The standard InChI is InChI=1S/C11H22N4O/c1-9-8-14-3-2-11(9,10(12)16)15-6-4-13-5-7-15/h9,13-14H,2-8H2,1H3,(H2,12,16). The van der Waals surface area contributed by atoms with Crippen molar-refractivity contribution in [3.63, 3.8) is 0 Å². The fourth-order valence-electron chi connectivity index (χ4n) is 3.07. The Kier molecular flexibility index (Phi) is 3.47. The van der Waals surface area contributed by atoms with Crippen LogP contribution in [0.25, 0.3) is 0 Å². The number of nitrogens with zero attached hydrogens (tertiary/aromatic N) is 1. The summed E-state index contributed by atoms with van der Waals surface area (Å²) in [6, 6.07) is 0. The first-order valence-electron chi connectivity index (χ1n) is 6.14. The van der Waals surface area contributed by atoms with Gasteiger partial charge < -0.3 is 16.4 Å². The summed E-state index contributed by atoms with van der Waals surface area (Å²) < 4.78 is 0. The SMILES string of the molecule is CC1CNCCC1(C(N)=O)N1CCNCC1. The molecular formula is C11H22N4O. The van der Waals surface area contributed by atoms with Gasteiger partial charge in [-0.05, 0) is 25.4 Å². The number of amides is 1. The lowest BCUT2D eigenvalue weighted by molar-refractivity contribution is -0.136. The second kappa shape index (κ2) is 4.69. The Balaban J connectivity index is 2.22. The van der Waals surface area contributed by atoms with E-state index in [9.17, 15) is 4.79 Å². The first kappa shape index (κ1) is 11.8. The third-order valence-corrected chi connectivity index (χ3v) is 4.06. The van der Waals surface area contributed by atoms with Crippen molar-refractivity contribution >= 4 is 5.91 Å². The van der Waals surface area contributed by atoms with Crippen LogP contribution in [0.5, 0.6) is 0 Å². The number of piperazine rings is 1. The minimum atomic E-state index is -0.423. The summed E-state index contributed by atoms with van der Waals surface area (Å²) in [6.07, 6.45) is 0.837. The lowest BCUT2D eigenvalue weighted by Crippen LogP contribution is -2.69. The first-order valence-corrected chi connectivity index (χ1v) is 6.14. The Hall–Kier alpha value is -0.650. The van der Waals surface area contributed by atoms with E-state index < -0.39 is 5.54 Å². The Morgan fingerprint density at radius 3 is 2.56 bits per heavy atom. The zero-order valence-electron chi connectivity index (χ0n) is 9.96. The van der Waals surface area contributed by atoms with E-state index in [0.29, 0.717) is 0 Å². The van der Waals surface area contributed by atoms with Crippen LogP contribution in [0.4, 0.5) is 0 Å². The molecule has 0 spiro atoms. The van der Waals surface area contributed by atoms with Gasteiger partial charge in [-0.3, -0.25) is 9.69 Å². The highest BCUT2D eigenvalue weighted by atomic mass is 16.1. The van der Waals surface area contributed by atoms with E-state index >= 15 is 0 Å². The highest BCUT2D eigenvalue weighted by molar-refractivity contribution is 5.85. The van der Waals surface area contributed by atoms with E-state index in [1.54, 1.807) is 0 Å². The van der Waals surface area contributed by atoms with E-state index in [4.69, 9.17) is 5.73 Å². The summed E-state index contributed by atoms with van der Waals surface area (Å²) in [5.74, 6) is 0.139. The molecule has 0 aromatic rings. The quantitative estimate of drug-likeness (QED) is 0.550. The topological polar surface area (TPSA) is 70.4 Å². The van der Waals surface area contributed by atoms with Crippen LogP contribution in [0.2, 0.25) is 0 Å². The molecule has 5 heteroatoms. The summed E-state index contributed by atoms with van der Waals surface area (Å²) in [5.41, 5.74) is 5.27. The van der Waals surface area contributed by atoms with Crippen molar-refractivity contribution in [3.05, 3.63) is 0 Å². The van der Waals surface area contributed by atoms with Gasteiger partial charge in [-0.15, -0.1) is 0 Å². The van der Waals surface area contributed by atoms with Crippen LogP contribution < -0.4 is 16.4 Å². The van der Waals surface area contributed by atoms with Gasteiger partial charge in [0, 0.05) is 26.2 Å². The molecule has 0 radical (unpaired) electrons. The summed E-state index contributed by atoms with van der Waals surface area (Å²) in [4.78, 5) is 14.2. The smallest absolute Gasteiger partial charge is 0.238 e. The van der Waals surface area contributed by atoms with E-state index in [0.717, 1.165) is 45.7 Å². The fourth-order valence-corrected chi connectivity index (χ4v) is 3.07. The average molecular weight is 226 g/mol. The van der Waals surface area contributed by atoms with Crippen LogP contribution in [0.3, 0.4) is 0 Å². The number of primary amides is 1. The van der Waals surface area contributed by atoms with Gasteiger partial charge in [0.05, 0.1) is 0 Å². The third-order valence-electron chi connectivity index (χ3n) is 4.06. The van der Waals surface area contributed by atoms with Crippen LogP contribution in [-0.2, 0) is 4.79 Å². The molecule has 2 aliphatic rings. The van der Waals surface area contributed by atoms with Gasteiger partial charge in [-0.1, -0.05) is 6.92 Å². The summed E-state index contributed by atoms with van der Waals surface area (Å²) in [7, 11) is 0. The number of nitrogens with one attached hydrogen (secondary N) is 2. The molecule has 2 fully saturated rings. The maximum absolute atomic E-state index is 11.9. The Bertz CT molecular complexity index is 265. The second-order valence-corrected chi connectivity index (χ2v) is 4.88. The van der Waals surface area contributed by atoms with E-state index in [2.05, 4.69) is 22.5 Å². The fraction of sp³-hybridized carbons (Fsp3) is 0.909. The van der Waals surface area contributed by atoms with E-state index in [1.165, 1.54) is 0 Å². The predicted octanol–water partition coefficient (Wildman–Crippen LogP) is -1.25. The van der Waals surface area contributed by atoms with Crippen molar-refractivity contribution in [3.8, 4) is 0 Å². The largest absolute Gasteiger partial charge is 0.368 e. The number of nitrogens with two attached hydrogens (primary N) is 1. The molecule has 2 rings (SSSR count). The molecule has 0 aromatic heterocycles. The maximum atomic E-state index is 11.9. The van der Waals surface area contributed by atoms with Crippen LogP contribution in [-0.4, -0.2) is 55.6 Å². The van der Waals surface area contributed by atoms with Crippen LogP contribution in [0.1, 0.15) is 13.3 Å². The molecule has 92 valence electrons. The van der Waals surface area contributed by atoms with Crippen molar-refractivity contribution < 1.29 is 4.79 Å². The van der Waals surface area contributed by atoms with Crippen LogP contribution in [0.15, 0.2) is 0 Å². The minimum Gasteiger partial charge on any atom is -0.368 e. The molecule has 2 atom stereocenters. The highest BCUT2D eigenvalue weighted by Crippen LogP contribution is 2.31. The third kappa shape index (κ3) is 1.83. The highest BCUT2D eigenvalue weighted by Gasteiger charge is 2.48. The van der Waals surface area contributed by atoms with Crippen molar-refractivity contribution in [2.24, 2.45) is 11.7 Å². The molecule has 2 unspecified atom stereocenters. The van der Waals surface area contributed by atoms with Crippen molar-refractivity contribution in [2.45, 2.75) is 18.9 Å². The predicted molar refractivity (Wildman–Crippen MR) is 63.0 cm³/mol. The minimum absolute atomic E-state index is 0.150. The lowest BCUT2D eigenvalue weighted by atomic mass is 9.77. The van der Waals surface area contributed by atoms with Crippen molar-refractivity contribution in [1.29, 1.82) is 0 Å². The molecule has 2 saturated heterocycles. The molecule has 2 heterocycles. The summed E-state index contributed by atoms with van der Waals surface area (Å²) in [6.45, 7) is 7.65. The molecule has 5 nitrogen and oxygen atoms in total. The zero-order valence-corrected chi connectivity index (χ0v) is 9.96. The van der Waals surface area contributed by atoms with E-state index in [-0.39, 0.29) is 11.8 Å². The molecule has 0 bridgehead atoms. The first-order chi connectivity index (χ1) is 7.68. The Morgan fingerprint density at radius 1 is 1.31 bits per heavy atom. The molecule has 0 aliphatic carbocycles. The maximum Gasteiger partial charge on any atom is 0.238 e. The number of carbonyl (C=O) groups excluding carboxylic acids is 1. The number of hydrogen-bond acceptors (Lipinski definition) is 4. The normalized spacial score (nSPS) is 37.2. The van der Waals surface area contributed by atoms with Crippen LogP contribution >= 0.6 is 0 Å². The van der Waals surface area contributed by atoms with Crippen molar-refractivity contribution in [2.75, 3.05) is 39.3 Å². The van der Waals surface area contributed by atoms with Crippen LogP contribution in [0, 0.1) is 5.92 Å². The Labute approximate surface area is 96.7 Å². The van der Waals surface area contributed by atoms with Gasteiger partial charge >= 0.3 is 0 Å². The van der Waals surface area contributed by atoms with Crippen molar-refractivity contribution in [1.82, 2.24) is 15.5 Å². The zero-order chi connectivity index (χ0) is 11.6. The Morgan fingerprint density at radius 2 is 2.00 bits per heavy atom. The van der Waals surface area contributed by atoms with Gasteiger partial charge in [0.25, 0.3) is 0 Å². The molecule has 16 heavy (non-hydrogen) atoms. The second-order valence-electron chi connectivity index (χ2n) is 4.88. The number of carbonyl (C=O) groups is 1. The average Bonchev–Trinajstić information content (AvgIpc) is 2.30. The molecule has 2 aliphatic heterocycles. The van der Waals surface area contributed by atoms with Gasteiger partial charge in [0.2, 0.25) is 5.91 Å². The number of hydrogen-bond donors (Lipinski definition) is 3. The molecule has 0 aromatic carbocycles. The van der Waals surface area contributed by atoms with E-state index in [1.807, 2.05) is 0 Å². The monoisotopic (exact) mass is 226 g/mol. The lowest BCUT2D eigenvalue weighted by Gasteiger charge is -2.49. The van der Waals surface area contributed by atoms with Gasteiger partial charge in [-0.2, -0.15) is 0 Å². The molecule has 4 N–H and O–H groups in total. The summed E-state index contributed by atoms with van der Waals surface area (Å²) in [5, 5.41) is 6.65. The van der Waals surface area contributed by atoms with Gasteiger partial charge in [0.1, 0.15) is 5.54 Å². The van der Waals surface area contributed by atoms with Gasteiger partial charge in [0.15, 0.2) is 0 Å². The molecule has 0 saturated carbocycles.